The van der Waals surface area contributed by atoms with Crippen molar-refractivity contribution < 1.29 is 9.59 Å². The van der Waals surface area contributed by atoms with Gasteiger partial charge in [0.15, 0.2) is 0 Å². The molecule has 0 aliphatic carbocycles. The molecule has 2 amide bonds. The summed E-state index contributed by atoms with van der Waals surface area (Å²) in [5, 5.41) is 2.62. The van der Waals surface area contributed by atoms with Gasteiger partial charge in [-0.3, -0.25) is 24.3 Å². The first-order valence-corrected chi connectivity index (χ1v) is 6.85. The maximum atomic E-state index is 12.7. The Morgan fingerprint density at radius 3 is 2.82 bits per heavy atom. The van der Waals surface area contributed by atoms with Crippen LogP contribution in [0.15, 0.2) is 23.0 Å². The van der Waals surface area contributed by atoms with Crippen LogP contribution in [0.25, 0.3) is 10.9 Å². The molecule has 0 unspecified atom stereocenters. The number of aromatic nitrogens is 2. The smallest absolute Gasteiger partial charge is 0.262 e. The molecule has 22 heavy (non-hydrogen) atoms. The summed E-state index contributed by atoms with van der Waals surface area (Å²) in [6, 6.07) is 4.30. The lowest BCUT2D eigenvalue weighted by atomic mass is 10.0. The molecular formula is C16H13N3O3. The van der Waals surface area contributed by atoms with E-state index in [2.05, 4.69) is 16.2 Å². The minimum atomic E-state index is -0.725. The highest BCUT2D eigenvalue weighted by Crippen LogP contribution is 2.20. The van der Waals surface area contributed by atoms with E-state index < -0.39 is 11.9 Å². The first-order chi connectivity index (χ1) is 10.5. The van der Waals surface area contributed by atoms with Gasteiger partial charge in [0.25, 0.3) is 5.56 Å². The lowest BCUT2D eigenvalue weighted by Gasteiger charge is -2.24. The average molecular weight is 295 g/mol. The summed E-state index contributed by atoms with van der Waals surface area (Å²) < 4.78 is 1.34. The first kappa shape index (κ1) is 14.0. The van der Waals surface area contributed by atoms with Crippen LogP contribution in [0.4, 0.5) is 0 Å². The van der Waals surface area contributed by atoms with Gasteiger partial charge in [0.05, 0.1) is 16.5 Å². The number of nitrogens with zero attached hydrogens (tertiary/aromatic N) is 2. The van der Waals surface area contributed by atoms with Crippen LogP contribution in [0.2, 0.25) is 0 Å². The number of hydrogen-bond acceptors (Lipinski definition) is 4. The number of carbonyl (C=O) groups excluding carboxylic acids is 2. The standard InChI is InChI=1S/C16H13N3O3/c1-3-10-5-4-6-11-14(10)17-9(2)19(16(11)22)12-7-8-13(20)18-15(12)21/h1,4-6,12H,7-8H2,2H3,(H,18,20,21)/t12-/m0/s1. The van der Waals surface area contributed by atoms with Gasteiger partial charge < -0.3 is 0 Å². The molecule has 6 nitrogen and oxygen atoms in total. The zero-order valence-corrected chi connectivity index (χ0v) is 11.9. The van der Waals surface area contributed by atoms with E-state index in [1.165, 1.54) is 4.57 Å². The molecule has 0 bridgehead atoms. The SMILES string of the molecule is C#Cc1cccc2c(=O)n([C@H]3CCC(=O)NC3=O)c(C)nc12. The van der Waals surface area contributed by atoms with Gasteiger partial charge in [-0.15, -0.1) is 6.42 Å². The van der Waals surface area contributed by atoms with Crippen LogP contribution in [0.3, 0.4) is 0 Å². The van der Waals surface area contributed by atoms with Crippen molar-refractivity contribution in [1.82, 2.24) is 14.9 Å². The molecule has 1 N–H and O–H groups in total. The Kier molecular flexibility index (Phi) is 3.26. The van der Waals surface area contributed by atoms with E-state index >= 15 is 0 Å². The predicted molar refractivity (Wildman–Crippen MR) is 80.1 cm³/mol. The van der Waals surface area contributed by atoms with Crippen molar-refractivity contribution in [3.63, 3.8) is 0 Å². The normalized spacial score (nSPS) is 18.1. The topological polar surface area (TPSA) is 81.1 Å². The van der Waals surface area contributed by atoms with Gasteiger partial charge >= 0.3 is 0 Å². The fraction of sp³-hybridized carbons (Fsp3) is 0.250. The number of hydrogen-bond donors (Lipinski definition) is 1. The quantitative estimate of drug-likeness (QED) is 0.619. The van der Waals surface area contributed by atoms with Gasteiger partial charge in [0.1, 0.15) is 11.9 Å². The zero-order chi connectivity index (χ0) is 15.9. The van der Waals surface area contributed by atoms with Crippen LogP contribution in [0.1, 0.15) is 30.3 Å². The van der Waals surface area contributed by atoms with Gasteiger partial charge in [0.2, 0.25) is 11.8 Å². The molecule has 0 radical (unpaired) electrons. The maximum absolute atomic E-state index is 12.7. The number of terminal acetylenes is 1. The molecule has 1 aromatic carbocycles. The van der Waals surface area contributed by atoms with E-state index in [9.17, 15) is 14.4 Å². The van der Waals surface area contributed by atoms with Crippen molar-refractivity contribution in [2.24, 2.45) is 0 Å². The number of aryl methyl sites for hydroxylation is 1. The molecule has 1 aliphatic rings. The van der Waals surface area contributed by atoms with Gasteiger partial charge in [-0.25, -0.2) is 4.98 Å². The number of benzene rings is 1. The summed E-state index contributed by atoms with van der Waals surface area (Å²) in [4.78, 5) is 40.4. The van der Waals surface area contributed by atoms with Crippen LogP contribution in [-0.4, -0.2) is 21.4 Å². The molecule has 2 heterocycles. The highest BCUT2D eigenvalue weighted by Gasteiger charge is 2.30. The van der Waals surface area contributed by atoms with E-state index in [-0.39, 0.29) is 24.3 Å². The van der Waals surface area contributed by atoms with Gasteiger partial charge in [0, 0.05) is 6.42 Å². The van der Waals surface area contributed by atoms with Crippen LogP contribution >= 0.6 is 0 Å². The molecule has 110 valence electrons. The van der Waals surface area contributed by atoms with Crippen LogP contribution in [0.5, 0.6) is 0 Å². The molecule has 3 rings (SSSR count). The molecule has 0 spiro atoms. The second-order valence-electron chi connectivity index (χ2n) is 5.15. The molecule has 1 atom stereocenters. The number of fused-ring (bicyclic) bond motifs is 1. The van der Waals surface area contributed by atoms with E-state index in [1.54, 1.807) is 25.1 Å². The largest absolute Gasteiger partial charge is 0.295 e. The van der Waals surface area contributed by atoms with Crippen molar-refractivity contribution in [1.29, 1.82) is 0 Å². The van der Waals surface area contributed by atoms with Crippen LogP contribution in [0, 0.1) is 19.3 Å². The lowest BCUT2D eigenvalue weighted by Crippen LogP contribution is -2.45. The first-order valence-electron chi connectivity index (χ1n) is 6.85. The Hall–Kier alpha value is -2.94. The summed E-state index contributed by atoms with van der Waals surface area (Å²) in [5.41, 5.74) is 0.665. The molecular weight excluding hydrogens is 282 g/mol. The highest BCUT2D eigenvalue weighted by atomic mass is 16.2. The number of imide groups is 1. The fourth-order valence-corrected chi connectivity index (χ4v) is 2.74. The number of rotatable bonds is 1. The van der Waals surface area contributed by atoms with E-state index in [0.29, 0.717) is 22.3 Å². The van der Waals surface area contributed by atoms with E-state index in [4.69, 9.17) is 6.42 Å². The fourth-order valence-electron chi connectivity index (χ4n) is 2.74. The Morgan fingerprint density at radius 2 is 2.14 bits per heavy atom. The predicted octanol–water partition coefficient (Wildman–Crippen LogP) is 0.664. The molecule has 1 saturated heterocycles. The van der Waals surface area contributed by atoms with Gasteiger partial charge in [-0.1, -0.05) is 12.0 Å². The maximum Gasteiger partial charge on any atom is 0.262 e. The van der Waals surface area contributed by atoms with Gasteiger partial charge in [-0.2, -0.15) is 0 Å². The van der Waals surface area contributed by atoms with Crippen molar-refractivity contribution >= 4 is 22.7 Å². The van der Waals surface area contributed by atoms with Crippen LogP contribution in [-0.2, 0) is 9.59 Å². The Labute approximate surface area is 126 Å². The third-order valence-corrected chi connectivity index (χ3v) is 3.78. The third kappa shape index (κ3) is 2.07. The average Bonchev–Trinajstić information content (AvgIpc) is 2.49. The van der Waals surface area contributed by atoms with Crippen molar-refractivity contribution in [3.05, 3.63) is 39.9 Å². The number of nitrogens with one attached hydrogen (secondary N) is 1. The molecule has 1 aliphatic heterocycles. The summed E-state index contributed by atoms with van der Waals surface area (Å²) in [6.07, 6.45) is 5.92. The number of carbonyl (C=O) groups is 2. The Morgan fingerprint density at radius 1 is 1.36 bits per heavy atom. The molecule has 0 saturated carbocycles. The number of para-hydroxylation sites is 1. The molecule has 1 fully saturated rings. The zero-order valence-electron chi connectivity index (χ0n) is 11.9. The second kappa shape index (κ2) is 5.11. The molecule has 1 aromatic heterocycles. The summed E-state index contributed by atoms with van der Waals surface area (Å²) in [6.45, 7) is 1.65. The van der Waals surface area contributed by atoms with E-state index in [0.717, 1.165) is 0 Å². The summed E-state index contributed by atoms with van der Waals surface area (Å²) >= 11 is 0. The number of piperidine rings is 1. The number of amides is 2. The van der Waals surface area contributed by atoms with Crippen molar-refractivity contribution in [3.8, 4) is 12.3 Å². The molecule has 2 aromatic rings. The summed E-state index contributed by atoms with van der Waals surface area (Å²) in [5.74, 6) is 2.10. The van der Waals surface area contributed by atoms with Crippen molar-refractivity contribution in [2.75, 3.05) is 0 Å². The van der Waals surface area contributed by atoms with Crippen LogP contribution < -0.4 is 10.9 Å². The Bertz CT molecular complexity index is 905. The third-order valence-electron chi connectivity index (χ3n) is 3.78. The molecule has 6 heteroatoms. The van der Waals surface area contributed by atoms with Gasteiger partial charge in [-0.05, 0) is 25.5 Å². The second-order valence-corrected chi connectivity index (χ2v) is 5.15. The summed E-state index contributed by atoms with van der Waals surface area (Å²) in [7, 11) is 0. The van der Waals surface area contributed by atoms with E-state index in [1.807, 2.05) is 0 Å². The minimum Gasteiger partial charge on any atom is -0.295 e. The minimum absolute atomic E-state index is 0.199. The lowest BCUT2D eigenvalue weighted by molar-refractivity contribution is -0.135. The Balaban J connectivity index is 2.24. The highest BCUT2D eigenvalue weighted by molar-refractivity contribution is 5.99. The van der Waals surface area contributed by atoms with Crippen molar-refractivity contribution in [2.45, 2.75) is 25.8 Å². The monoisotopic (exact) mass is 295 g/mol.